The van der Waals surface area contributed by atoms with Crippen molar-refractivity contribution in [1.82, 2.24) is 10.2 Å². The van der Waals surface area contributed by atoms with Crippen LogP contribution >= 0.6 is 0 Å². The summed E-state index contributed by atoms with van der Waals surface area (Å²) in [4.78, 5) is 26.2. The fourth-order valence-electron chi connectivity index (χ4n) is 3.14. The van der Waals surface area contributed by atoms with Crippen molar-refractivity contribution in [3.05, 3.63) is 71.5 Å². The van der Waals surface area contributed by atoms with Gasteiger partial charge in [-0.1, -0.05) is 30.3 Å². The molecule has 5 nitrogen and oxygen atoms in total. The van der Waals surface area contributed by atoms with Crippen molar-refractivity contribution in [1.29, 1.82) is 0 Å². The van der Waals surface area contributed by atoms with Crippen LogP contribution in [-0.4, -0.2) is 47.1 Å². The molecule has 3 rings (SSSR count). The molecule has 2 amide bonds. The lowest BCUT2D eigenvalue weighted by atomic mass is 10.00. The van der Waals surface area contributed by atoms with E-state index in [4.69, 9.17) is 0 Å². The van der Waals surface area contributed by atoms with Crippen LogP contribution in [-0.2, 0) is 11.2 Å². The van der Waals surface area contributed by atoms with E-state index >= 15 is 0 Å². The third-order valence-electron chi connectivity index (χ3n) is 4.49. The van der Waals surface area contributed by atoms with Crippen molar-refractivity contribution >= 4 is 11.8 Å². The quantitative estimate of drug-likeness (QED) is 0.877. The average Bonchev–Trinajstić information content (AvgIpc) is 2.63. The molecule has 1 heterocycles. The van der Waals surface area contributed by atoms with Gasteiger partial charge in [-0.05, 0) is 36.2 Å². The number of β-amino-alcohol motifs (C(OH)–C–C–N with tert-alkyl or cyclic N) is 1. The van der Waals surface area contributed by atoms with Gasteiger partial charge < -0.3 is 15.3 Å². The van der Waals surface area contributed by atoms with Gasteiger partial charge in [0.25, 0.3) is 5.91 Å². The van der Waals surface area contributed by atoms with Gasteiger partial charge in [0.2, 0.25) is 5.91 Å². The van der Waals surface area contributed by atoms with Crippen molar-refractivity contribution in [2.75, 3.05) is 13.1 Å². The number of hydrogen-bond donors (Lipinski definition) is 2. The fraction of sp³-hybridized carbons (Fsp3) is 0.300. The number of aliphatic hydroxyl groups excluding tert-OH is 1. The molecule has 2 aromatic rings. The second-order valence-electron chi connectivity index (χ2n) is 6.45. The Bertz CT molecular complexity index is 782. The van der Waals surface area contributed by atoms with E-state index < -0.39 is 12.1 Å². The monoisotopic (exact) mass is 356 g/mol. The molecule has 26 heavy (non-hydrogen) atoms. The zero-order valence-electron chi connectivity index (χ0n) is 14.3. The highest BCUT2D eigenvalue weighted by Gasteiger charge is 2.31. The highest BCUT2D eigenvalue weighted by molar-refractivity contribution is 5.94. The Kier molecular flexibility index (Phi) is 5.63. The molecule has 0 saturated carbocycles. The number of carbonyl (C=O) groups is 2. The van der Waals surface area contributed by atoms with E-state index in [9.17, 15) is 19.1 Å². The summed E-state index contributed by atoms with van der Waals surface area (Å²) in [6, 6.07) is 14.4. The molecular weight excluding hydrogens is 335 g/mol. The maximum absolute atomic E-state index is 13.2. The summed E-state index contributed by atoms with van der Waals surface area (Å²) in [5, 5.41) is 13.1. The lowest BCUT2D eigenvalue weighted by Gasteiger charge is -2.36. The van der Waals surface area contributed by atoms with Gasteiger partial charge in [0.05, 0.1) is 18.6 Å². The molecule has 1 aliphatic heterocycles. The van der Waals surface area contributed by atoms with E-state index in [-0.39, 0.29) is 30.6 Å². The van der Waals surface area contributed by atoms with Gasteiger partial charge >= 0.3 is 0 Å². The molecule has 0 unspecified atom stereocenters. The smallest absolute Gasteiger partial charge is 0.253 e. The molecule has 0 aliphatic carbocycles. The molecular formula is C20H21FN2O3. The number of amides is 2. The van der Waals surface area contributed by atoms with Crippen LogP contribution in [0.1, 0.15) is 22.3 Å². The molecule has 1 aliphatic rings. The Balaban J connectivity index is 1.54. The van der Waals surface area contributed by atoms with Gasteiger partial charge in [-0.15, -0.1) is 0 Å². The first-order valence-electron chi connectivity index (χ1n) is 8.59. The molecule has 0 radical (unpaired) electrons. The van der Waals surface area contributed by atoms with Crippen LogP contribution in [0.25, 0.3) is 0 Å². The van der Waals surface area contributed by atoms with E-state index in [0.29, 0.717) is 24.1 Å². The lowest BCUT2D eigenvalue weighted by molar-refractivity contribution is -0.122. The third kappa shape index (κ3) is 4.46. The van der Waals surface area contributed by atoms with Gasteiger partial charge in [-0.3, -0.25) is 9.59 Å². The predicted molar refractivity (Wildman–Crippen MR) is 95.0 cm³/mol. The summed E-state index contributed by atoms with van der Waals surface area (Å²) in [6.07, 6.45) is -0.324. The van der Waals surface area contributed by atoms with Crippen molar-refractivity contribution < 1.29 is 19.1 Å². The number of carbonyl (C=O) groups excluding carboxylic acids is 2. The second-order valence-corrected chi connectivity index (χ2v) is 6.45. The molecule has 2 aromatic carbocycles. The van der Waals surface area contributed by atoms with Crippen LogP contribution in [0.15, 0.2) is 54.6 Å². The number of rotatable bonds is 4. The van der Waals surface area contributed by atoms with Gasteiger partial charge in [0.1, 0.15) is 5.82 Å². The molecule has 1 saturated heterocycles. The SMILES string of the molecule is O=C(Cc1cccc(F)c1)N[C@@H]1CCN(C(=O)c2ccccc2)C[C@H]1O. The standard InChI is InChI=1S/C20H21FN2O3/c21-16-8-4-5-14(11-16)12-19(25)22-17-9-10-23(13-18(17)24)20(26)15-6-2-1-3-7-15/h1-8,11,17-18,24H,9-10,12-13H2,(H,22,25)/t17-,18-/m1/s1. The van der Waals surface area contributed by atoms with Crippen LogP contribution in [0.2, 0.25) is 0 Å². The number of nitrogens with zero attached hydrogens (tertiary/aromatic N) is 1. The second kappa shape index (κ2) is 8.10. The Morgan fingerprint density at radius 2 is 1.92 bits per heavy atom. The Morgan fingerprint density at radius 3 is 2.62 bits per heavy atom. The van der Waals surface area contributed by atoms with E-state index in [1.54, 1.807) is 41.3 Å². The van der Waals surface area contributed by atoms with Crippen molar-refractivity contribution in [2.45, 2.75) is 25.0 Å². The molecule has 0 spiro atoms. The van der Waals surface area contributed by atoms with Gasteiger partial charge in [-0.2, -0.15) is 0 Å². The zero-order valence-corrected chi connectivity index (χ0v) is 14.3. The summed E-state index contributed by atoms with van der Waals surface area (Å²) < 4.78 is 13.2. The minimum atomic E-state index is -0.840. The molecule has 6 heteroatoms. The van der Waals surface area contributed by atoms with Crippen LogP contribution in [0.3, 0.4) is 0 Å². The van der Waals surface area contributed by atoms with Crippen LogP contribution in [0, 0.1) is 5.82 Å². The Hall–Kier alpha value is -2.73. The highest BCUT2D eigenvalue weighted by Crippen LogP contribution is 2.15. The molecule has 2 atom stereocenters. The summed E-state index contributed by atoms with van der Waals surface area (Å²) >= 11 is 0. The van der Waals surface area contributed by atoms with Crippen LogP contribution in [0.4, 0.5) is 4.39 Å². The van der Waals surface area contributed by atoms with Crippen molar-refractivity contribution in [2.24, 2.45) is 0 Å². The third-order valence-corrected chi connectivity index (χ3v) is 4.49. The van der Waals surface area contributed by atoms with Gasteiger partial charge in [0, 0.05) is 18.7 Å². The van der Waals surface area contributed by atoms with E-state index in [2.05, 4.69) is 5.32 Å². The first-order chi connectivity index (χ1) is 12.5. The van der Waals surface area contributed by atoms with Crippen LogP contribution < -0.4 is 5.32 Å². The summed E-state index contributed by atoms with van der Waals surface area (Å²) in [5.41, 5.74) is 1.15. The molecule has 0 bridgehead atoms. The minimum Gasteiger partial charge on any atom is -0.389 e. The maximum Gasteiger partial charge on any atom is 0.253 e. The highest BCUT2D eigenvalue weighted by atomic mass is 19.1. The Morgan fingerprint density at radius 1 is 1.15 bits per heavy atom. The van der Waals surface area contributed by atoms with Crippen molar-refractivity contribution in [3.8, 4) is 0 Å². The first kappa shape index (κ1) is 18.1. The summed E-state index contributed by atoms with van der Waals surface area (Å²) in [5.74, 6) is -0.792. The predicted octanol–water partition coefficient (Wildman–Crippen LogP) is 1.76. The average molecular weight is 356 g/mol. The molecule has 136 valence electrons. The molecule has 1 fully saturated rings. The maximum atomic E-state index is 13.2. The van der Waals surface area contributed by atoms with Gasteiger partial charge in [-0.25, -0.2) is 4.39 Å². The largest absolute Gasteiger partial charge is 0.389 e. The normalized spacial score (nSPS) is 19.8. The molecule has 0 aromatic heterocycles. The Labute approximate surface area is 151 Å². The number of hydrogen-bond acceptors (Lipinski definition) is 3. The molecule has 2 N–H and O–H groups in total. The van der Waals surface area contributed by atoms with Crippen molar-refractivity contribution in [3.63, 3.8) is 0 Å². The summed E-state index contributed by atoms with van der Waals surface area (Å²) in [7, 11) is 0. The number of aliphatic hydroxyl groups is 1. The fourth-order valence-corrected chi connectivity index (χ4v) is 3.14. The zero-order chi connectivity index (χ0) is 18.5. The number of likely N-dealkylation sites (tertiary alicyclic amines) is 1. The number of nitrogens with one attached hydrogen (secondary N) is 1. The number of halogens is 1. The van der Waals surface area contributed by atoms with E-state index in [1.807, 2.05) is 6.07 Å². The summed E-state index contributed by atoms with van der Waals surface area (Å²) in [6.45, 7) is 0.619. The minimum absolute atomic E-state index is 0.0492. The van der Waals surface area contributed by atoms with Crippen LogP contribution in [0.5, 0.6) is 0 Å². The van der Waals surface area contributed by atoms with E-state index in [1.165, 1.54) is 12.1 Å². The van der Waals surface area contributed by atoms with E-state index in [0.717, 1.165) is 0 Å². The number of benzene rings is 2. The lowest BCUT2D eigenvalue weighted by Crippen LogP contribution is -2.55. The number of piperidine rings is 1. The van der Waals surface area contributed by atoms with Gasteiger partial charge in [0.15, 0.2) is 0 Å². The first-order valence-corrected chi connectivity index (χ1v) is 8.59. The topological polar surface area (TPSA) is 69.6 Å².